The number of rotatable bonds is 2. The van der Waals surface area contributed by atoms with E-state index < -0.39 is 0 Å². The van der Waals surface area contributed by atoms with E-state index in [0.717, 1.165) is 16.9 Å². The normalized spacial score (nSPS) is 10.1. The molecule has 0 fully saturated rings. The van der Waals surface area contributed by atoms with Crippen LogP contribution >= 0.6 is 22.7 Å². The molecule has 2 N–H and O–H groups in total. The van der Waals surface area contributed by atoms with E-state index in [0.29, 0.717) is 10.6 Å². The van der Waals surface area contributed by atoms with Crippen LogP contribution in [0.2, 0.25) is 0 Å². The summed E-state index contributed by atoms with van der Waals surface area (Å²) in [6.45, 7) is 2.07. The van der Waals surface area contributed by atoms with Crippen LogP contribution in [-0.4, -0.2) is 0 Å². The number of nitrogens with zero attached hydrogens (tertiary/aromatic N) is 1. The molecule has 0 aliphatic carbocycles. The maximum atomic E-state index is 8.93. The lowest BCUT2D eigenvalue weighted by Crippen LogP contribution is -1.90. The van der Waals surface area contributed by atoms with Crippen molar-refractivity contribution in [2.45, 2.75) is 13.3 Å². The van der Waals surface area contributed by atoms with Crippen molar-refractivity contribution in [2.24, 2.45) is 0 Å². The molecule has 2 aromatic rings. The highest BCUT2D eigenvalue weighted by atomic mass is 32.1. The highest BCUT2D eigenvalue weighted by molar-refractivity contribution is 7.22. The molecule has 2 heterocycles. The van der Waals surface area contributed by atoms with Gasteiger partial charge in [-0.3, -0.25) is 0 Å². The molecule has 0 bridgehead atoms. The molecule has 0 saturated heterocycles. The van der Waals surface area contributed by atoms with E-state index in [1.165, 1.54) is 16.2 Å². The Labute approximate surface area is 96.6 Å². The number of hydrogen-bond donors (Lipinski definition) is 1. The maximum absolute atomic E-state index is 8.93. The Kier molecular flexibility index (Phi) is 2.76. The highest BCUT2D eigenvalue weighted by Crippen LogP contribution is 2.40. The van der Waals surface area contributed by atoms with Crippen molar-refractivity contribution in [1.29, 1.82) is 5.26 Å². The van der Waals surface area contributed by atoms with E-state index in [1.54, 1.807) is 11.3 Å². The zero-order valence-electron chi connectivity index (χ0n) is 8.28. The minimum absolute atomic E-state index is 0.634. The summed E-state index contributed by atoms with van der Waals surface area (Å²) in [7, 11) is 0. The largest absolute Gasteiger partial charge is 0.397 e. The van der Waals surface area contributed by atoms with Crippen LogP contribution in [0.25, 0.3) is 9.75 Å². The van der Waals surface area contributed by atoms with Crippen LogP contribution in [0.15, 0.2) is 17.5 Å². The average Bonchev–Trinajstić information content (AvgIpc) is 2.84. The second-order valence-electron chi connectivity index (χ2n) is 3.10. The molecule has 0 atom stereocenters. The van der Waals surface area contributed by atoms with Crippen molar-refractivity contribution >= 4 is 28.4 Å². The molecule has 4 heteroatoms. The van der Waals surface area contributed by atoms with Crippen LogP contribution < -0.4 is 5.73 Å². The van der Waals surface area contributed by atoms with Gasteiger partial charge < -0.3 is 5.73 Å². The molecule has 0 radical (unpaired) electrons. The van der Waals surface area contributed by atoms with Gasteiger partial charge in [0.15, 0.2) is 0 Å². The first kappa shape index (κ1) is 10.2. The molecule has 76 valence electrons. The summed E-state index contributed by atoms with van der Waals surface area (Å²) in [5.41, 5.74) is 7.69. The van der Waals surface area contributed by atoms with E-state index in [4.69, 9.17) is 11.0 Å². The maximum Gasteiger partial charge on any atom is 0.128 e. The lowest BCUT2D eigenvalue weighted by molar-refractivity contribution is 1.16. The van der Waals surface area contributed by atoms with Gasteiger partial charge in [0, 0.05) is 4.88 Å². The Morgan fingerprint density at radius 3 is 2.87 bits per heavy atom. The fraction of sp³-hybridized carbons (Fsp3) is 0.182. The SMILES string of the molecule is CCc1c(-c2cccs2)sc(C#N)c1N. The predicted molar refractivity (Wildman–Crippen MR) is 66.1 cm³/mol. The molecule has 0 unspecified atom stereocenters. The van der Waals surface area contributed by atoms with Gasteiger partial charge in [0.2, 0.25) is 0 Å². The molecule has 2 rings (SSSR count). The van der Waals surface area contributed by atoms with Crippen molar-refractivity contribution in [2.75, 3.05) is 5.73 Å². The molecule has 0 aromatic carbocycles. The molecule has 15 heavy (non-hydrogen) atoms. The van der Waals surface area contributed by atoms with Crippen molar-refractivity contribution in [1.82, 2.24) is 0 Å². The Balaban J connectivity index is 2.63. The minimum atomic E-state index is 0.634. The fourth-order valence-electron chi connectivity index (χ4n) is 1.52. The van der Waals surface area contributed by atoms with Crippen LogP contribution in [0.4, 0.5) is 5.69 Å². The van der Waals surface area contributed by atoms with Crippen LogP contribution in [0.1, 0.15) is 17.4 Å². The Bertz CT molecular complexity index is 503. The Morgan fingerprint density at radius 1 is 1.53 bits per heavy atom. The lowest BCUT2D eigenvalue weighted by atomic mass is 10.1. The summed E-state index contributed by atoms with van der Waals surface area (Å²) in [6, 6.07) is 6.23. The summed E-state index contributed by atoms with van der Waals surface area (Å²) < 4.78 is 0. The summed E-state index contributed by atoms with van der Waals surface area (Å²) in [6.07, 6.45) is 0.872. The van der Waals surface area contributed by atoms with Crippen molar-refractivity contribution in [3.63, 3.8) is 0 Å². The van der Waals surface area contributed by atoms with Crippen LogP contribution in [-0.2, 0) is 6.42 Å². The van der Waals surface area contributed by atoms with Gasteiger partial charge in [-0.2, -0.15) is 5.26 Å². The molecule has 0 aliphatic rings. The van der Waals surface area contributed by atoms with Crippen molar-refractivity contribution in [3.8, 4) is 15.8 Å². The average molecular weight is 234 g/mol. The Hall–Kier alpha value is -1.31. The highest BCUT2D eigenvalue weighted by Gasteiger charge is 2.15. The standard InChI is InChI=1S/C11H10N2S2/c1-2-7-10(13)9(6-12)15-11(7)8-4-3-5-14-8/h3-5H,2,13H2,1H3. The van der Waals surface area contributed by atoms with E-state index in [2.05, 4.69) is 19.1 Å². The van der Waals surface area contributed by atoms with E-state index in [-0.39, 0.29) is 0 Å². The van der Waals surface area contributed by atoms with Gasteiger partial charge >= 0.3 is 0 Å². The second kappa shape index (κ2) is 4.05. The predicted octanol–water partition coefficient (Wildman–Crippen LogP) is 3.49. The number of nitriles is 1. The zero-order valence-corrected chi connectivity index (χ0v) is 9.91. The van der Waals surface area contributed by atoms with Gasteiger partial charge in [-0.1, -0.05) is 13.0 Å². The van der Waals surface area contributed by atoms with Gasteiger partial charge in [0.05, 0.1) is 10.6 Å². The molecule has 0 saturated carbocycles. The molecular formula is C11H10N2S2. The first-order valence-corrected chi connectivity index (χ1v) is 6.32. The van der Waals surface area contributed by atoms with Gasteiger partial charge in [0.25, 0.3) is 0 Å². The molecular weight excluding hydrogens is 224 g/mol. The first-order chi connectivity index (χ1) is 7.27. The van der Waals surface area contributed by atoms with Crippen molar-refractivity contribution in [3.05, 3.63) is 28.0 Å². The molecule has 0 spiro atoms. The second-order valence-corrected chi connectivity index (χ2v) is 5.06. The lowest BCUT2D eigenvalue weighted by Gasteiger charge is -1.98. The van der Waals surface area contributed by atoms with E-state index in [1.807, 2.05) is 11.4 Å². The number of nitrogen functional groups attached to an aromatic ring is 1. The van der Waals surface area contributed by atoms with Crippen LogP contribution in [0.5, 0.6) is 0 Å². The monoisotopic (exact) mass is 234 g/mol. The quantitative estimate of drug-likeness (QED) is 0.864. The summed E-state index contributed by atoms with van der Waals surface area (Å²) in [4.78, 5) is 2.99. The smallest absolute Gasteiger partial charge is 0.128 e. The third kappa shape index (κ3) is 1.65. The topological polar surface area (TPSA) is 49.8 Å². The molecule has 2 nitrogen and oxygen atoms in total. The summed E-state index contributed by atoms with van der Waals surface area (Å²) in [5, 5.41) is 11.0. The van der Waals surface area contributed by atoms with Crippen LogP contribution in [0, 0.1) is 11.3 Å². The minimum Gasteiger partial charge on any atom is -0.397 e. The van der Waals surface area contributed by atoms with Gasteiger partial charge in [0.1, 0.15) is 10.9 Å². The van der Waals surface area contributed by atoms with E-state index in [9.17, 15) is 0 Å². The number of thiophene rings is 2. The molecule has 0 amide bonds. The van der Waals surface area contributed by atoms with Crippen LogP contribution in [0.3, 0.4) is 0 Å². The Morgan fingerprint density at radius 2 is 2.33 bits per heavy atom. The molecule has 0 aliphatic heterocycles. The number of hydrogen-bond acceptors (Lipinski definition) is 4. The van der Waals surface area contributed by atoms with E-state index >= 15 is 0 Å². The summed E-state index contributed by atoms with van der Waals surface area (Å²) >= 11 is 3.18. The summed E-state index contributed by atoms with van der Waals surface area (Å²) in [5.74, 6) is 0. The van der Waals surface area contributed by atoms with Gasteiger partial charge in [-0.25, -0.2) is 0 Å². The van der Waals surface area contributed by atoms with Gasteiger partial charge in [-0.05, 0) is 23.4 Å². The molecule has 2 aromatic heterocycles. The number of nitrogens with two attached hydrogens (primary N) is 1. The third-order valence-electron chi connectivity index (χ3n) is 2.25. The zero-order chi connectivity index (χ0) is 10.8. The van der Waals surface area contributed by atoms with Crippen molar-refractivity contribution < 1.29 is 0 Å². The third-order valence-corrected chi connectivity index (χ3v) is 4.45. The fourth-order valence-corrected chi connectivity index (χ4v) is 3.51. The first-order valence-electron chi connectivity index (χ1n) is 4.63. The van der Waals surface area contributed by atoms with Gasteiger partial charge in [-0.15, -0.1) is 22.7 Å². The number of anilines is 1.